The lowest BCUT2D eigenvalue weighted by Crippen LogP contribution is -2.31. The molecule has 2 aromatic rings. The van der Waals surface area contributed by atoms with Crippen LogP contribution in [0.4, 0.5) is 20.2 Å². The van der Waals surface area contributed by atoms with Crippen molar-refractivity contribution in [3.63, 3.8) is 0 Å². The van der Waals surface area contributed by atoms with Gasteiger partial charge in [-0.3, -0.25) is 0 Å². The molecule has 0 spiro atoms. The molecule has 6 heteroatoms. The molecule has 2 aromatic carbocycles. The molecule has 0 aliphatic carbocycles. The number of rotatable bonds is 8. The molecule has 0 aliphatic rings. The van der Waals surface area contributed by atoms with Gasteiger partial charge in [-0.25, -0.2) is 8.78 Å². The van der Waals surface area contributed by atoms with Gasteiger partial charge in [0.15, 0.2) is 0 Å². The molecule has 0 bridgehead atoms. The first-order valence-corrected chi connectivity index (χ1v) is 7.65. The van der Waals surface area contributed by atoms with Gasteiger partial charge in [-0.2, -0.15) is 0 Å². The van der Waals surface area contributed by atoms with Crippen molar-refractivity contribution in [2.75, 3.05) is 51.2 Å². The van der Waals surface area contributed by atoms with Crippen molar-refractivity contribution in [3.05, 3.63) is 48.0 Å². The van der Waals surface area contributed by atoms with E-state index in [0.29, 0.717) is 43.2 Å². The maximum atomic E-state index is 14.3. The highest BCUT2D eigenvalue weighted by Crippen LogP contribution is 2.35. The molecule has 0 fully saturated rings. The number of nitrogen functional groups attached to an aromatic ring is 1. The molecular formula is C18H22F2N2O2. The molecule has 24 heavy (non-hydrogen) atoms. The fourth-order valence-electron chi connectivity index (χ4n) is 2.54. The quantitative estimate of drug-likeness (QED) is 0.751. The third kappa shape index (κ3) is 4.21. The number of nitrogens with zero attached hydrogens (tertiary/aromatic N) is 1. The minimum Gasteiger partial charge on any atom is -0.399 e. The molecule has 0 radical (unpaired) electrons. The van der Waals surface area contributed by atoms with Crippen molar-refractivity contribution < 1.29 is 18.3 Å². The van der Waals surface area contributed by atoms with Crippen LogP contribution < -0.4 is 10.6 Å². The van der Waals surface area contributed by atoms with E-state index >= 15 is 0 Å². The Kier molecular flexibility index (Phi) is 6.52. The lowest BCUT2D eigenvalue weighted by molar-refractivity contribution is 0.190. The second-order valence-electron chi connectivity index (χ2n) is 5.35. The van der Waals surface area contributed by atoms with Crippen LogP contribution in [0.3, 0.4) is 0 Å². The van der Waals surface area contributed by atoms with Crippen LogP contribution in [0.5, 0.6) is 0 Å². The van der Waals surface area contributed by atoms with Crippen LogP contribution in [0.2, 0.25) is 0 Å². The van der Waals surface area contributed by atoms with Gasteiger partial charge in [-0.05, 0) is 30.3 Å². The first-order valence-electron chi connectivity index (χ1n) is 7.65. The van der Waals surface area contributed by atoms with E-state index in [2.05, 4.69) is 0 Å². The fourth-order valence-corrected chi connectivity index (χ4v) is 2.54. The summed E-state index contributed by atoms with van der Waals surface area (Å²) in [6.45, 7) is 2.08. The maximum absolute atomic E-state index is 14.3. The Morgan fingerprint density at radius 3 is 2.08 bits per heavy atom. The summed E-state index contributed by atoms with van der Waals surface area (Å²) in [7, 11) is 3.21. The van der Waals surface area contributed by atoms with Gasteiger partial charge in [-0.1, -0.05) is 6.07 Å². The van der Waals surface area contributed by atoms with Crippen molar-refractivity contribution in [2.24, 2.45) is 0 Å². The molecule has 2 rings (SSSR count). The number of halogens is 2. The zero-order chi connectivity index (χ0) is 17.5. The zero-order valence-corrected chi connectivity index (χ0v) is 13.9. The molecular weight excluding hydrogens is 314 g/mol. The third-order valence-corrected chi connectivity index (χ3v) is 3.72. The number of hydrogen-bond donors (Lipinski definition) is 1. The summed E-state index contributed by atoms with van der Waals surface area (Å²) in [5.41, 5.74) is 7.31. The summed E-state index contributed by atoms with van der Waals surface area (Å²) < 4.78 is 38.8. The van der Waals surface area contributed by atoms with E-state index in [1.165, 1.54) is 18.2 Å². The van der Waals surface area contributed by atoms with Gasteiger partial charge in [-0.15, -0.1) is 0 Å². The molecule has 4 nitrogen and oxygen atoms in total. The minimum atomic E-state index is -0.625. The van der Waals surface area contributed by atoms with E-state index < -0.39 is 11.6 Å². The SMILES string of the molecule is COCCN(CCOC)c1ccc(N)cc1-c1c(F)cccc1F. The molecule has 0 heterocycles. The highest BCUT2D eigenvalue weighted by molar-refractivity contribution is 5.82. The summed E-state index contributed by atoms with van der Waals surface area (Å²) in [6.07, 6.45) is 0. The number of anilines is 2. The Bertz CT molecular complexity index is 652. The molecule has 0 aliphatic heterocycles. The van der Waals surface area contributed by atoms with E-state index in [1.807, 2.05) is 4.90 Å². The summed E-state index contributed by atoms with van der Waals surface area (Å²) in [6, 6.07) is 8.88. The number of benzene rings is 2. The van der Waals surface area contributed by atoms with Crippen molar-refractivity contribution in [1.29, 1.82) is 0 Å². The average molecular weight is 336 g/mol. The molecule has 2 N–H and O–H groups in total. The van der Waals surface area contributed by atoms with Crippen molar-refractivity contribution in [3.8, 4) is 11.1 Å². The molecule has 0 amide bonds. The van der Waals surface area contributed by atoms with E-state index in [0.717, 1.165) is 0 Å². The van der Waals surface area contributed by atoms with Crippen molar-refractivity contribution >= 4 is 11.4 Å². The summed E-state index contributed by atoms with van der Waals surface area (Å²) >= 11 is 0. The van der Waals surface area contributed by atoms with Gasteiger partial charge in [0.2, 0.25) is 0 Å². The molecule has 0 saturated heterocycles. The summed E-state index contributed by atoms with van der Waals surface area (Å²) in [5.74, 6) is -1.25. The predicted molar refractivity (Wildman–Crippen MR) is 92.2 cm³/mol. The smallest absolute Gasteiger partial charge is 0.134 e. The molecule has 0 atom stereocenters. The van der Waals surface area contributed by atoms with E-state index in [-0.39, 0.29) is 5.56 Å². The molecule has 0 saturated carbocycles. The van der Waals surface area contributed by atoms with Gasteiger partial charge in [0.05, 0.1) is 18.8 Å². The third-order valence-electron chi connectivity index (χ3n) is 3.72. The fraction of sp³-hybridized carbons (Fsp3) is 0.333. The lowest BCUT2D eigenvalue weighted by Gasteiger charge is -2.27. The average Bonchev–Trinajstić information content (AvgIpc) is 2.56. The Labute approximate surface area is 140 Å². The Morgan fingerprint density at radius 2 is 1.54 bits per heavy atom. The van der Waals surface area contributed by atoms with Gasteiger partial charge in [0.25, 0.3) is 0 Å². The number of hydrogen-bond acceptors (Lipinski definition) is 4. The van der Waals surface area contributed by atoms with Gasteiger partial charge >= 0.3 is 0 Å². The molecule has 0 aromatic heterocycles. The normalized spacial score (nSPS) is 10.8. The Hall–Kier alpha value is -2.18. The predicted octanol–water partition coefficient (Wildman–Crippen LogP) is 3.31. The van der Waals surface area contributed by atoms with E-state index in [9.17, 15) is 8.78 Å². The summed E-state index contributed by atoms with van der Waals surface area (Å²) in [4.78, 5) is 1.97. The lowest BCUT2D eigenvalue weighted by atomic mass is 10.0. The largest absolute Gasteiger partial charge is 0.399 e. The molecule has 130 valence electrons. The highest BCUT2D eigenvalue weighted by atomic mass is 19.1. The van der Waals surface area contributed by atoms with Crippen molar-refractivity contribution in [1.82, 2.24) is 0 Å². The standard InChI is InChI=1S/C18H22F2N2O2/c1-23-10-8-22(9-11-24-2)17-7-6-13(21)12-14(17)18-15(19)4-3-5-16(18)20/h3-7,12H,8-11,21H2,1-2H3. The Balaban J connectivity index is 2.53. The van der Waals surface area contributed by atoms with Crippen LogP contribution in [0, 0.1) is 11.6 Å². The van der Waals surface area contributed by atoms with Gasteiger partial charge < -0.3 is 20.1 Å². The van der Waals surface area contributed by atoms with Crippen molar-refractivity contribution in [2.45, 2.75) is 0 Å². The maximum Gasteiger partial charge on any atom is 0.134 e. The van der Waals surface area contributed by atoms with E-state index in [1.54, 1.807) is 32.4 Å². The van der Waals surface area contributed by atoms with E-state index in [4.69, 9.17) is 15.2 Å². The number of ether oxygens (including phenoxy) is 2. The monoisotopic (exact) mass is 336 g/mol. The van der Waals surface area contributed by atoms with Crippen LogP contribution in [0.25, 0.3) is 11.1 Å². The summed E-state index contributed by atoms with van der Waals surface area (Å²) in [5, 5.41) is 0. The molecule has 0 unspecified atom stereocenters. The van der Waals surface area contributed by atoms with Crippen LogP contribution in [0.1, 0.15) is 0 Å². The second kappa shape index (κ2) is 8.61. The first-order chi connectivity index (χ1) is 11.6. The number of methoxy groups -OCH3 is 2. The van der Waals surface area contributed by atoms with Crippen LogP contribution in [-0.4, -0.2) is 40.5 Å². The van der Waals surface area contributed by atoms with Crippen LogP contribution in [-0.2, 0) is 9.47 Å². The Morgan fingerprint density at radius 1 is 0.958 bits per heavy atom. The minimum absolute atomic E-state index is 0.0837. The topological polar surface area (TPSA) is 47.7 Å². The number of nitrogens with two attached hydrogens (primary N) is 1. The highest BCUT2D eigenvalue weighted by Gasteiger charge is 2.18. The first kappa shape index (κ1) is 18.2. The van der Waals surface area contributed by atoms with Gasteiger partial charge in [0, 0.05) is 44.2 Å². The zero-order valence-electron chi connectivity index (χ0n) is 13.9. The second-order valence-corrected chi connectivity index (χ2v) is 5.35. The van der Waals surface area contributed by atoms with Crippen LogP contribution in [0.15, 0.2) is 36.4 Å². The van der Waals surface area contributed by atoms with Gasteiger partial charge in [0.1, 0.15) is 11.6 Å². The van der Waals surface area contributed by atoms with Crippen LogP contribution >= 0.6 is 0 Å².